The van der Waals surface area contributed by atoms with Gasteiger partial charge in [0.2, 0.25) is 0 Å². The van der Waals surface area contributed by atoms with Crippen LogP contribution in [0.1, 0.15) is 39.0 Å². The number of hydrogen-bond donors (Lipinski definition) is 2. The van der Waals surface area contributed by atoms with Crippen molar-refractivity contribution in [2.24, 2.45) is 0 Å². The lowest BCUT2D eigenvalue weighted by atomic mass is 9.88. The number of pyridine rings is 1. The predicted molar refractivity (Wildman–Crippen MR) is 86.1 cm³/mol. The van der Waals surface area contributed by atoms with Crippen LogP contribution in [-0.4, -0.2) is 29.1 Å². The molecule has 1 aromatic heterocycles. The molecule has 0 spiro atoms. The van der Waals surface area contributed by atoms with Crippen LogP contribution in [0.25, 0.3) is 0 Å². The summed E-state index contributed by atoms with van der Waals surface area (Å²) in [6.07, 6.45) is 8.06. The molecule has 0 aliphatic heterocycles. The Kier molecular flexibility index (Phi) is 5.67. The molecule has 0 amide bonds. The fourth-order valence-electron chi connectivity index (χ4n) is 2.78. The zero-order valence-electron chi connectivity index (χ0n) is 12.6. The average molecular weight is 315 g/mol. The molecule has 3 nitrogen and oxygen atoms in total. The molecule has 0 saturated heterocycles. The second kappa shape index (κ2) is 7.29. The Balaban J connectivity index is 2.09. The molecule has 1 fully saturated rings. The smallest absolute Gasteiger partial charge is 0.168 e. The Morgan fingerprint density at radius 2 is 1.76 bits per heavy atom. The molecule has 118 valence electrons. The Hall–Kier alpha value is -1.04. The van der Waals surface area contributed by atoms with Crippen LogP contribution in [0.15, 0.2) is 6.07 Å². The summed E-state index contributed by atoms with van der Waals surface area (Å²) in [6, 6.07) is 0.889. The second-order valence-corrected chi connectivity index (χ2v) is 6.76. The maximum atomic E-state index is 13.9. The van der Waals surface area contributed by atoms with Crippen LogP contribution in [-0.2, 0) is 0 Å². The van der Waals surface area contributed by atoms with Crippen molar-refractivity contribution in [2.75, 3.05) is 30.0 Å². The third-order valence-electron chi connectivity index (χ3n) is 4.05. The summed E-state index contributed by atoms with van der Waals surface area (Å²) in [5, 5.41) is 5.89. The number of halogens is 2. The molecule has 21 heavy (non-hydrogen) atoms. The van der Waals surface area contributed by atoms with Crippen molar-refractivity contribution in [3.63, 3.8) is 0 Å². The van der Waals surface area contributed by atoms with Crippen LogP contribution in [0.3, 0.4) is 0 Å². The predicted octanol–water partition coefficient (Wildman–Crippen LogP) is 4.27. The van der Waals surface area contributed by atoms with Gasteiger partial charge < -0.3 is 10.6 Å². The first kappa shape index (κ1) is 16.3. The summed E-state index contributed by atoms with van der Waals surface area (Å²) in [5.74, 6) is -1.06. The number of rotatable bonds is 6. The number of anilines is 2. The van der Waals surface area contributed by atoms with E-state index < -0.39 is 11.6 Å². The topological polar surface area (TPSA) is 37.0 Å². The van der Waals surface area contributed by atoms with E-state index in [-0.39, 0.29) is 16.4 Å². The lowest BCUT2D eigenvalue weighted by Gasteiger charge is -2.36. The van der Waals surface area contributed by atoms with Crippen LogP contribution in [0.5, 0.6) is 0 Å². The van der Waals surface area contributed by atoms with Gasteiger partial charge in [-0.3, -0.25) is 0 Å². The third kappa shape index (κ3) is 3.99. The molecule has 2 N–H and O–H groups in total. The van der Waals surface area contributed by atoms with Gasteiger partial charge in [-0.1, -0.05) is 19.3 Å². The third-order valence-corrected chi connectivity index (χ3v) is 5.47. The summed E-state index contributed by atoms with van der Waals surface area (Å²) in [6.45, 7) is 3.06. The Morgan fingerprint density at radius 3 is 2.33 bits per heavy atom. The fraction of sp³-hybridized carbons (Fsp3) is 0.667. The quantitative estimate of drug-likeness (QED) is 0.822. The zero-order valence-corrected chi connectivity index (χ0v) is 13.5. The number of aromatic nitrogens is 1. The molecule has 1 saturated carbocycles. The monoisotopic (exact) mass is 315 g/mol. The highest BCUT2D eigenvalue weighted by atomic mass is 32.2. The molecule has 2 rings (SSSR count). The van der Waals surface area contributed by atoms with Crippen LogP contribution in [0.2, 0.25) is 0 Å². The van der Waals surface area contributed by atoms with Gasteiger partial charge in [0.1, 0.15) is 0 Å². The molecular formula is C15H23F2N3S. The van der Waals surface area contributed by atoms with Crippen molar-refractivity contribution >= 4 is 23.4 Å². The van der Waals surface area contributed by atoms with E-state index in [0.717, 1.165) is 18.9 Å². The van der Waals surface area contributed by atoms with Crippen LogP contribution in [0.4, 0.5) is 20.4 Å². The Bertz CT molecular complexity index is 476. The average Bonchev–Trinajstić information content (AvgIpc) is 2.50. The molecule has 1 aliphatic carbocycles. The fourth-order valence-corrected chi connectivity index (χ4v) is 3.69. The number of hydrogen-bond acceptors (Lipinski definition) is 4. The summed E-state index contributed by atoms with van der Waals surface area (Å²) in [7, 11) is 0. The van der Waals surface area contributed by atoms with Gasteiger partial charge in [0.05, 0.1) is 0 Å². The van der Waals surface area contributed by atoms with E-state index in [2.05, 4.69) is 21.9 Å². The first-order chi connectivity index (χ1) is 10.1. The van der Waals surface area contributed by atoms with Crippen molar-refractivity contribution < 1.29 is 8.78 Å². The number of nitrogens with zero attached hydrogens (tertiary/aromatic N) is 1. The van der Waals surface area contributed by atoms with Crippen molar-refractivity contribution in [3.8, 4) is 0 Å². The van der Waals surface area contributed by atoms with Crippen LogP contribution >= 0.6 is 11.8 Å². The summed E-state index contributed by atoms with van der Waals surface area (Å²) >= 11 is 1.83. The van der Waals surface area contributed by atoms with Gasteiger partial charge in [-0.2, -0.15) is 11.8 Å². The lowest BCUT2D eigenvalue weighted by Crippen LogP contribution is -2.36. The molecule has 6 heteroatoms. The standard InChI is InChI=1S/C15H23F2N3S/c1-3-18-13-11(16)9-12(17)14(20-13)19-10-15(21-2)7-5-4-6-8-15/h9H,3-8,10H2,1-2H3,(H2,18,19,20). The number of nitrogens with one attached hydrogen (secondary N) is 2. The molecule has 0 atom stereocenters. The highest BCUT2D eigenvalue weighted by molar-refractivity contribution is 8.00. The van der Waals surface area contributed by atoms with E-state index in [1.807, 2.05) is 18.7 Å². The van der Waals surface area contributed by atoms with Gasteiger partial charge in [0, 0.05) is 23.9 Å². The van der Waals surface area contributed by atoms with Crippen molar-refractivity contribution in [1.29, 1.82) is 0 Å². The summed E-state index contributed by atoms with van der Waals surface area (Å²) < 4.78 is 27.5. The van der Waals surface area contributed by atoms with Crippen LogP contribution < -0.4 is 10.6 Å². The van der Waals surface area contributed by atoms with Gasteiger partial charge in [0.25, 0.3) is 0 Å². The SMILES string of the molecule is CCNc1nc(NCC2(SC)CCCCC2)c(F)cc1F. The Labute approximate surface area is 129 Å². The summed E-state index contributed by atoms with van der Waals surface area (Å²) in [4.78, 5) is 4.03. The first-order valence-corrected chi connectivity index (χ1v) is 8.71. The van der Waals surface area contributed by atoms with E-state index in [4.69, 9.17) is 0 Å². The molecule has 1 heterocycles. The van der Waals surface area contributed by atoms with E-state index in [1.165, 1.54) is 19.3 Å². The highest BCUT2D eigenvalue weighted by Gasteiger charge is 2.31. The molecule has 0 aromatic carbocycles. The molecule has 1 aromatic rings. The normalized spacial score (nSPS) is 17.5. The van der Waals surface area contributed by atoms with Crippen molar-refractivity contribution in [2.45, 2.75) is 43.8 Å². The van der Waals surface area contributed by atoms with Crippen molar-refractivity contribution in [1.82, 2.24) is 4.98 Å². The van der Waals surface area contributed by atoms with Gasteiger partial charge in [-0.15, -0.1) is 0 Å². The van der Waals surface area contributed by atoms with Gasteiger partial charge in [-0.25, -0.2) is 13.8 Å². The molecule has 0 bridgehead atoms. The zero-order chi connectivity index (χ0) is 15.3. The van der Waals surface area contributed by atoms with Gasteiger partial charge in [0.15, 0.2) is 23.3 Å². The first-order valence-electron chi connectivity index (χ1n) is 7.49. The summed E-state index contributed by atoms with van der Waals surface area (Å²) in [5.41, 5.74) is 0. The van der Waals surface area contributed by atoms with Crippen molar-refractivity contribution in [3.05, 3.63) is 17.7 Å². The Morgan fingerprint density at radius 1 is 1.14 bits per heavy atom. The molecule has 1 aliphatic rings. The van der Waals surface area contributed by atoms with Gasteiger partial charge in [-0.05, 0) is 26.0 Å². The minimum atomic E-state index is -0.655. The van der Waals surface area contributed by atoms with E-state index >= 15 is 0 Å². The van der Waals surface area contributed by atoms with E-state index in [9.17, 15) is 8.78 Å². The van der Waals surface area contributed by atoms with Crippen LogP contribution in [0, 0.1) is 11.6 Å². The minimum Gasteiger partial charge on any atom is -0.368 e. The largest absolute Gasteiger partial charge is 0.368 e. The lowest BCUT2D eigenvalue weighted by molar-refractivity contribution is 0.410. The second-order valence-electron chi connectivity index (χ2n) is 5.48. The maximum Gasteiger partial charge on any atom is 0.168 e. The maximum absolute atomic E-state index is 13.9. The molecular weight excluding hydrogens is 292 g/mol. The molecule has 0 radical (unpaired) electrons. The van der Waals surface area contributed by atoms with E-state index in [0.29, 0.717) is 13.1 Å². The van der Waals surface area contributed by atoms with E-state index in [1.54, 1.807) is 0 Å². The molecule has 0 unspecified atom stereocenters. The minimum absolute atomic E-state index is 0.100. The highest BCUT2D eigenvalue weighted by Crippen LogP contribution is 2.38. The number of thioether (sulfide) groups is 1. The van der Waals surface area contributed by atoms with Gasteiger partial charge >= 0.3 is 0 Å².